The zero-order valence-electron chi connectivity index (χ0n) is 15.4. The second-order valence-corrected chi connectivity index (χ2v) is 8.99. The Kier molecular flexibility index (Phi) is 5.06. The van der Waals surface area contributed by atoms with E-state index < -0.39 is 0 Å². The van der Waals surface area contributed by atoms with Crippen LogP contribution in [0.4, 0.5) is 0 Å². The zero-order valence-corrected chi connectivity index (χ0v) is 18.6. The van der Waals surface area contributed by atoms with E-state index in [1.165, 1.54) is 0 Å². The fourth-order valence-electron chi connectivity index (χ4n) is 4.63. The van der Waals surface area contributed by atoms with Crippen molar-refractivity contribution < 1.29 is 14.3 Å². The molecule has 27 heavy (non-hydrogen) atoms. The monoisotopic (exact) mass is 493 g/mol. The molecule has 2 aliphatic carbocycles. The normalized spacial score (nSPS) is 20.8. The van der Waals surface area contributed by atoms with Crippen molar-refractivity contribution in [2.24, 2.45) is 0 Å². The van der Waals surface area contributed by atoms with E-state index in [0.717, 1.165) is 62.7 Å². The van der Waals surface area contributed by atoms with Crippen LogP contribution in [0, 0.1) is 0 Å². The molecule has 1 aromatic carbocycles. The molecule has 0 fully saturated rings. The predicted molar refractivity (Wildman–Crippen MR) is 111 cm³/mol. The van der Waals surface area contributed by atoms with E-state index in [0.29, 0.717) is 18.6 Å². The summed E-state index contributed by atoms with van der Waals surface area (Å²) in [6.45, 7) is 0. The van der Waals surface area contributed by atoms with E-state index in [2.05, 4.69) is 36.8 Å². The molecule has 3 aliphatic rings. The van der Waals surface area contributed by atoms with Crippen LogP contribution < -0.4 is 4.74 Å². The van der Waals surface area contributed by atoms with Gasteiger partial charge in [0.15, 0.2) is 11.6 Å². The number of methoxy groups -OCH3 is 1. The van der Waals surface area contributed by atoms with Gasteiger partial charge in [0.05, 0.1) is 16.1 Å². The summed E-state index contributed by atoms with van der Waals surface area (Å²) in [5.41, 5.74) is 4.75. The summed E-state index contributed by atoms with van der Waals surface area (Å²) in [5.74, 6) is 0.757. The number of Topliss-reactive ketones (excluding diaryl/α,β-unsaturated/α-hetero) is 2. The van der Waals surface area contributed by atoms with Crippen LogP contribution in [0.2, 0.25) is 0 Å². The third-order valence-corrected chi connectivity index (χ3v) is 6.98. The van der Waals surface area contributed by atoms with Crippen LogP contribution in [0.25, 0.3) is 0 Å². The first-order chi connectivity index (χ1) is 12.9. The lowest BCUT2D eigenvalue weighted by Gasteiger charge is -2.42. The van der Waals surface area contributed by atoms with Gasteiger partial charge < -0.3 is 9.64 Å². The quantitative estimate of drug-likeness (QED) is 0.562. The molecule has 0 radical (unpaired) electrons. The van der Waals surface area contributed by atoms with Crippen molar-refractivity contribution >= 4 is 43.4 Å². The topological polar surface area (TPSA) is 46.6 Å². The average Bonchev–Trinajstić information content (AvgIpc) is 2.63. The highest BCUT2D eigenvalue weighted by atomic mass is 79.9. The molecule has 0 atom stereocenters. The van der Waals surface area contributed by atoms with Crippen LogP contribution in [-0.4, -0.2) is 30.6 Å². The molecular weight excluding hydrogens is 474 g/mol. The number of allylic oxidation sites excluding steroid dienone is 4. The average molecular weight is 495 g/mol. The van der Waals surface area contributed by atoms with Crippen molar-refractivity contribution in [1.29, 1.82) is 0 Å². The van der Waals surface area contributed by atoms with Gasteiger partial charge in [-0.3, -0.25) is 9.59 Å². The van der Waals surface area contributed by atoms with E-state index in [1.807, 2.05) is 19.2 Å². The van der Waals surface area contributed by atoms with Gasteiger partial charge >= 0.3 is 0 Å². The summed E-state index contributed by atoms with van der Waals surface area (Å²) in [4.78, 5) is 28.1. The van der Waals surface area contributed by atoms with E-state index in [1.54, 1.807) is 7.11 Å². The van der Waals surface area contributed by atoms with Crippen molar-refractivity contribution in [1.82, 2.24) is 4.90 Å². The van der Waals surface area contributed by atoms with Crippen molar-refractivity contribution in [3.8, 4) is 5.75 Å². The smallest absolute Gasteiger partial charge is 0.161 e. The summed E-state index contributed by atoms with van der Waals surface area (Å²) in [6.07, 6.45) is 4.63. The first-order valence-electron chi connectivity index (χ1n) is 9.23. The minimum absolute atomic E-state index is 0.168. The number of carbonyl (C=O) groups excluding carboxylic acids is 2. The van der Waals surface area contributed by atoms with Crippen LogP contribution in [0.3, 0.4) is 0 Å². The molecule has 0 amide bonds. The van der Waals surface area contributed by atoms with Crippen LogP contribution in [-0.2, 0) is 9.59 Å². The molecule has 1 heterocycles. The maximum Gasteiger partial charge on any atom is 0.161 e. The highest BCUT2D eigenvalue weighted by molar-refractivity contribution is 9.11. The minimum Gasteiger partial charge on any atom is -0.494 e. The first kappa shape index (κ1) is 18.9. The Morgan fingerprint density at radius 1 is 0.926 bits per heavy atom. The van der Waals surface area contributed by atoms with Gasteiger partial charge in [0.2, 0.25) is 0 Å². The lowest BCUT2D eigenvalue weighted by Crippen LogP contribution is -2.37. The van der Waals surface area contributed by atoms with Gasteiger partial charge in [0, 0.05) is 48.3 Å². The maximum atomic E-state index is 13.0. The standard InChI is InChI=1S/C21H21Br2NO3/c1-24-14-5-3-7-16(25)19(14)18(20-15(24)6-4-8-17(20)26)11-9-12(22)21(27-2)13(23)10-11/h9-10,18H,3-8H2,1-2H3. The third kappa shape index (κ3) is 3.01. The Hall–Kier alpha value is -1.40. The minimum atomic E-state index is -0.287. The van der Waals surface area contributed by atoms with E-state index >= 15 is 0 Å². The molecular formula is C21H21Br2NO3. The molecule has 0 aromatic heterocycles. The summed E-state index contributed by atoms with van der Waals surface area (Å²) in [6, 6.07) is 3.97. The van der Waals surface area contributed by atoms with Gasteiger partial charge in [-0.05, 0) is 75.2 Å². The molecule has 1 aliphatic heterocycles. The number of ketones is 2. The van der Waals surface area contributed by atoms with Gasteiger partial charge in [0.25, 0.3) is 0 Å². The summed E-state index contributed by atoms with van der Waals surface area (Å²) >= 11 is 7.15. The van der Waals surface area contributed by atoms with E-state index in [9.17, 15) is 9.59 Å². The Morgan fingerprint density at radius 2 is 1.41 bits per heavy atom. The van der Waals surface area contributed by atoms with Crippen LogP contribution in [0.15, 0.2) is 43.6 Å². The number of hydrogen-bond donors (Lipinski definition) is 0. The highest BCUT2D eigenvalue weighted by Gasteiger charge is 2.42. The van der Waals surface area contributed by atoms with Crippen molar-refractivity contribution in [2.45, 2.75) is 44.4 Å². The van der Waals surface area contributed by atoms with Crippen molar-refractivity contribution in [2.75, 3.05) is 14.2 Å². The number of halogens is 2. The Morgan fingerprint density at radius 3 is 1.85 bits per heavy atom. The molecule has 6 heteroatoms. The molecule has 0 bridgehead atoms. The van der Waals surface area contributed by atoms with Crippen molar-refractivity contribution in [3.63, 3.8) is 0 Å². The highest BCUT2D eigenvalue weighted by Crippen LogP contribution is 2.50. The number of carbonyl (C=O) groups is 2. The Labute approximate surface area is 175 Å². The van der Waals surface area contributed by atoms with Crippen LogP contribution in [0.1, 0.15) is 50.0 Å². The van der Waals surface area contributed by atoms with Gasteiger partial charge in [-0.1, -0.05) is 0 Å². The molecule has 0 spiro atoms. The molecule has 0 N–H and O–H groups in total. The van der Waals surface area contributed by atoms with Crippen LogP contribution in [0.5, 0.6) is 5.75 Å². The number of rotatable bonds is 2. The Bertz CT molecular complexity index is 849. The fourth-order valence-corrected chi connectivity index (χ4v) is 6.17. The van der Waals surface area contributed by atoms with Gasteiger partial charge in [-0.15, -0.1) is 0 Å². The molecule has 1 aromatic rings. The van der Waals surface area contributed by atoms with E-state index in [4.69, 9.17) is 4.74 Å². The molecule has 0 unspecified atom stereocenters. The molecule has 142 valence electrons. The zero-order chi connectivity index (χ0) is 19.3. The lowest BCUT2D eigenvalue weighted by atomic mass is 9.71. The molecule has 4 rings (SSSR count). The SMILES string of the molecule is COc1c(Br)cc(C2C3=C(CCCC3=O)N(C)C3=C2C(=O)CCC3)cc1Br. The lowest BCUT2D eigenvalue weighted by molar-refractivity contribution is -0.117. The molecule has 0 saturated carbocycles. The van der Waals surface area contributed by atoms with Gasteiger partial charge in [-0.2, -0.15) is 0 Å². The molecule has 0 saturated heterocycles. The van der Waals surface area contributed by atoms with Crippen LogP contribution >= 0.6 is 31.9 Å². The summed E-state index contributed by atoms with van der Waals surface area (Å²) < 4.78 is 7.05. The number of nitrogens with zero attached hydrogens (tertiary/aromatic N) is 1. The number of ether oxygens (including phenoxy) is 1. The maximum absolute atomic E-state index is 13.0. The largest absolute Gasteiger partial charge is 0.494 e. The Balaban J connectivity index is 1.97. The second-order valence-electron chi connectivity index (χ2n) is 7.28. The predicted octanol–water partition coefficient (Wildman–Crippen LogP) is 5.26. The number of hydrogen-bond acceptors (Lipinski definition) is 4. The fraction of sp³-hybridized carbons (Fsp3) is 0.429. The van der Waals surface area contributed by atoms with Gasteiger partial charge in [0.1, 0.15) is 5.75 Å². The molecule has 4 nitrogen and oxygen atoms in total. The number of benzene rings is 1. The first-order valence-corrected chi connectivity index (χ1v) is 10.8. The summed E-state index contributed by atoms with van der Waals surface area (Å²) in [5, 5.41) is 0. The van der Waals surface area contributed by atoms with Crippen molar-refractivity contribution in [3.05, 3.63) is 49.2 Å². The third-order valence-electron chi connectivity index (χ3n) is 5.80. The second kappa shape index (κ2) is 7.21. The van der Waals surface area contributed by atoms with Gasteiger partial charge in [-0.25, -0.2) is 0 Å². The van der Waals surface area contributed by atoms with E-state index in [-0.39, 0.29) is 17.5 Å². The summed E-state index contributed by atoms with van der Waals surface area (Å²) in [7, 11) is 3.63.